The van der Waals surface area contributed by atoms with Crippen molar-refractivity contribution in [3.8, 4) is 0 Å². The summed E-state index contributed by atoms with van der Waals surface area (Å²) < 4.78 is 7.15. The molecule has 7 nitrogen and oxygen atoms in total. The minimum absolute atomic E-state index is 0.0755. The third-order valence-electron chi connectivity index (χ3n) is 5.24. The molecule has 7 heteroatoms. The van der Waals surface area contributed by atoms with E-state index in [1.807, 2.05) is 16.5 Å². The SMILES string of the molecule is Cn1cnnc1C1CN(C(=O)c2cnco2)CC12CCCC2. The second-order valence-electron chi connectivity index (χ2n) is 6.47. The zero-order valence-corrected chi connectivity index (χ0v) is 12.6. The van der Waals surface area contributed by atoms with Crippen molar-refractivity contribution in [2.75, 3.05) is 13.1 Å². The summed E-state index contributed by atoms with van der Waals surface area (Å²) in [5.41, 5.74) is 0.135. The standard InChI is InChI=1S/C15H19N5O2/c1-19-9-17-18-13(19)11-7-20(8-15(11)4-2-3-5-15)14(21)12-6-16-10-22-12/h6,9-11H,2-5,7-8H2,1H3. The van der Waals surface area contributed by atoms with Crippen molar-refractivity contribution in [1.82, 2.24) is 24.6 Å². The van der Waals surface area contributed by atoms with Gasteiger partial charge < -0.3 is 13.9 Å². The molecule has 1 saturated heterocycles. The second-order valence-corrected chi connectivity index (χ2v) is 6.47. The molecule has 1 amide bonds. The molecular formula is C15H19N5O2. The third-order valence-corrected chi connectivity index (χ3v) is 5.24. The summed E-state index contributed by atoms with van der Waals surface area (Å²) in [6.45, 7) is 1.44. The predicted molar refractivity (Wildman–Crippen MR) is 77.1 cm³/mol. The van der Waals surface area contributed by atoms with E-state index in [2.05, 4.69) is 15.2 Å². The van der Waals surface area contributed by atoms with Crippen LogP contribution in [0.3, 0.4) is 0 Å². The highest BCUT2D eigenvalue weighted by molar-refractivity contribution is 5.91. The molecule has 1 aliphatic heterocycles. The molecule has 0 bridgehead atoms. The Hall–Kier alpha value is -2.18. The van der Waals surface area contributed by atoms with Crippen LogP contribution in [0.4, 0.5) is 0 Å². The Kier molecular flexibility index (Phi) is 3.02. The number of nitrogens with zero attached hydrogens (tertiary/aromatic N) is 5. The van der Waals surface area contributed by atoms with Crippen molar-refractivity contribution in [2.45, 2.75) is 31.6 Å². The van der Waals surface area contributed by atoms with E-state index in [9.17, 15) is 4.79 Å². The van der Waals surface area contributed by atoms with Crippen LogP contribution in [-0.4, -0.2) is 43.6 Å². The Labute approximate surface area is 128 Å². The van der Waals surface area contributed by atoms with Crippen molar-refractivity contribution < 1.29 is 9.21 Å². The fraction of sp³-hybridized carbons (Fsp3) is 0.600. The van der Waals surface area contributed by atoms with E-state index >= 15 is 0 Å². The number of carbonyl (C=O) groups is 1. The molecular weight excluding hydrogens is 282 g/mol. The van der Waals surface area contributed by atoms with E-state index in [-0.39, 0.29) is 17.2 Å². The molecule has 1 atom stereocenters. The van der Waals surface area contributed by atoms with Crippen LogP contribution >= 0.6 is 0 Å². The van der Waals surface area contributed by atoms with Gasteiger partial charge in [-0.1, -0.05) is 12.8 Å². The fourth-order valence-electron chi connectivity index (χ4n) is 4.15. The summed E-state index contributed by atoms with van der Waals surface area (Å²) in [6.07, 6.45) is 9.25. The Morgan fingerprint density at radius 3 is 2.86 bits per heavy atom. The first-order valence-corrected chi connectivity index (χ1v) is 7.71. The first kappa shape index (κ1) is 13.5. The van der Waals surface area contributed by atoms with Gasteiger partial charge in [-0.25, -0.2) is 4.98 Å². The Balaban J connectivity index is 1.66. The summed E-state index contributed by atoms with van der Waals surface area (Å²) in [5, 5.41) is 8.33. The number of amides is 1. The molecule has 1 aliphatic carbocycles. The minimum Gasteiger partial charge on any atom is -0.438 e. The number of hydrogen-bond acceptors (Lipinski definition) is 5. The molecule has 1 unspecified atom stereocenters. The molecule has 2 aromatic heterocycles. The largest absolute Gasteiger partial charge is 0.438 e. The van der Waals surface area contributed by atoms with Gasteiger partial charge in [0.05, 0.1) is 6.20 Å². The van der Waals surface area contributed by atoms with Crippen LogP contribution in [0.1, 0.15) is 48.0 Å². The Morgan fingerprint density at radius 1 is 1.41 bits per heavy atom. The van der Waals surface area contributed by atoms with Crippen molar-refractivity contribution in [3.05, 3.63) is 30.5 Å². The van der Waals surface area contributed by atoms with Crippen LogP contribution in [0.5, 0.6) is 0 Å². The number of aryl methyl sites for hydroxylation is 1. The summed E-state index contributed by atoms with van der Waals surface area (Å²) in [5.74, 6) is 1.46. The smallest absolute Gasteiger partial charge is 0.291 e. The average Bonchev–Trinajstić information content (AvgIpc) is 3.28. The van der Waals surface area contributed by atoms with Crippen molar-refractivity contribution in [2.24, 2.45) is 12.5 Å². The van der Waals surface area contributed by atoms with Crippen LogP contribution in [0.25, 0.3) is 0 Å². The molecule has 22 heavy (non-hydrogen) atoms. The monoisotopic (exact) mass is 301 g/mol. The van der Waals surface area contributed by atoms with Crippen LogP contribution in [0, 0.1) is 5.41 Å². The zero-order chi connectivity index (χ0) is 15.2. The lowest BCUT2D eigenvalue weighted by molar-refractivity contribution is 0.0741. The van der Waals surface area contributed by atoms with E-state index in [1.54, 1.807) is 6.33 Å². The Morgan fingerprint density at radius 2 is 2.23 bits per heavy atom. The van der Waals surface area contributed by atoms with Crippen molar-refractivity contribution >= 4 is 5.91 Å². The predicted octanol–water partition coefficient (Wildman–Crippen LogP) is 1.60. The van der Waals surface area contributed by atoms with Gasteiger partial charge in [0.25, 0.3) is 5.91 Å². The lowest BCUT2D eigenvalue weighted by Gasteiger charge is -2.28. The maximum absolute atomic E-state index is 12.6. The van der Waals surface area contributed by atoms with E-state index in [0.29, 0.717) is 12.3 Å². The molecule has 2 aliphatic rings. The molecule has 3 heterocycles. The quantitative estimate of drug-likeness (QED) is 0.842. The highest BCUT2D eigenvalue weighted by Crippen LogP contribution is 2.53. The molecule has 116 valence electrons. The zero-order valence-electron chi connectivity index (χ0n) is 12.6. The van der Waals surface area contributed by atoms with Crippen LogP contribution in [0.2, 0.25) is 0 Å². The maximum atomic E-state index is 12.6. The number of hydrogen-bond donors (Lipinski definition) is 0. The summed E-state index contributed by atoms with van der Waals surface area (Å²) in [4.78, 5) is 18.3. The van der Waals surface area contributed by atoms with E-state index in [0.717, 1.165) is 25.2 Å². The van der Waals surface area contributed by atoms with Crippen molar-refractivity contribution in [3.63, 3.8) is 0 Å². The van der Waals surface area contributed by atoms with E-state index in [4.69, 9.17) is 4.42 Å². The molecule has 2 aromatic rings. The number of likely N-dealkylation sites (tertiary alicyclic amines) is 1. The normalized spacial score (nSPS) is 23.5. The maximum Gasteiger partial charge on any atom is 0.291 e. The molecule has 0 N–H and O–H groups in total. The van der Waals surface area contributed by atoms with Gasteiger partial charge in [0.2, 0.25) is 5.76 Å². The summed E-state index contributed by atoms with van der Waals surface area (Å²) >= 11 is 0. The van der Waals surface area contributed by atoms with Crippen LogP contribution in [-0.2, 0) is 7.05 Å². The summed E-state index contributed by atoms with van der Waals surface area (Å²) in [7, 11) is 1.97. The van der Waals surface area contributed by atoms with Crippen molar-refractivity contribution in [1.29, 1.82) is 0 Å². The molecule has 2 fully saturated rings. The van der Waals surface area contributed by atoms with Crippen LogP contribution < -0.4 is 0 Å². The lowest BCUT2D eigenvalue weighted by atomic mass is 9.76. The molecule has 0 aromatic carbocycles. The van der Waals surface area contributed by atoms with Gasteiger partial charge in [0.15, 0.2) is 6.39 Å². The highest BCUT2D eigenvalue weighted by atomic mass is 16.3. The van der Waals surface area contributed by atoms with E-state index < -0.39 is 0 Å². The second kappa shape index (κ2) is 4.93. The fourth-order valence-corrected chi connectivity index (χ4v) is 4.15. The van der Waals surface area contributed by atoms with Gasteiger partial charge >= 0.3 is 0 Å². The van der Waals surface area contributed by atoms with Gasteiger partial charge in [-0.2, -0.15) is 0 Å². The number of aromatic nitrogens is 4. The minimum atomic E-state index is -0.0755. The lowest BCUT2D eigenvalue weighted by Crippen LogP contribution is -2.31. The average molecular weight is 301 g/mol. The van der Waals surface area contributed by atoms with Crippen LogP contribution in [0.15, 0.2) is 23.3 Å². The molecule has 1 saturated carbocycles. The van der Waals surface area contributed by atoms with Gasteiger partial charge in [-0.3, -0.25) is 4.79 Å². The van der Waals surface area contributed by atoms with Gasteiger partial charge in [-0.15, -0.1) is 10.2 Å². The number of rotatable bonds is 2. The molecule has 4 rings (SSSR count). The first-order valence-electron chi connectivity index (χ1n) is 7.71. The van der Waals surface area contributed by atoms with Gasteiger partial charge in [0, 0.05) is 26.1 Å². The van der Waals surface area contributed by atoms with E-state index in [1.165, 1.54) is 25.4 Å². The Bertz CT molecular complexity index is 672. The number of oxazole rings is 1. The number of carbonyl (C=O) groups excluding carboxylic acids is 1. The first-order chi connectivity index (χ1) is 10.7. The van der Waals surface area contributed by atoms with Gasteiger partial charge in [0.1, 0.15) is 12.2 Å². The highest BCUT2D eigenvalue weighted by Gasteiger charge is 2.51. The third kappa shape index (κ3) is 1.95. The topological polar surface area (TPSA) is 77.1 Å². The van der Waals surface area contributed by atoms with Gasteiger partial charge in [-0.05, 0) is 18.3 Å². The summed E-state index contributed by atoms with van der Waals surface area (Å²) in [6, 6.07) is 0. The molecule has 1 spiro atoms. The molecule has 0 radical (unpaired) electrons.